The summed E-state index contributed by atoms with van der Waals surface area (Å²) in [6.45, 7) is 1.94. The van der Waals surface area contributed by atoms with Crippen LogP contribution < -0.4 is 20.9 Å². The van der Waals surface area contributed by atoms with E-state index in [-0.39, 0.29) is 33.0 Å². The van der Waals surface area contributed by atoms with E-state index >= 15 is 0 Å². The summed E-state index contributed by atoms with van der Waals surface area (Å²) < 4.78 is 158. The number of ether oxygens (including phenoxy) is 2. The van der Waals surface area contributed by atoms with Gasteiger partial charge < -0.3 is 20.1 Å². The van der Waals surface area contributed by atoms with Gasteiger partial charge in [0.15, 0.2) is 27.9 Å². The molecule has 0 aliphatic carbocycles. The molecule has 0 aliphatic heterocycles. The monoisotopic (exact) mass is 899 g/mol. The molecule has 1 atom stereocenters. The number of halogens is 10. The summed E-state index contributed by atoms with van der Waals surface area (Å²) >= 11 is 6.53. The van der Waals surface area contributed by atoms with Gasteiger partial charge in [-0.25, -0.2) is 27.0 Å². The second-order valence-corrected chi connectivity index (χ2v) is 16.8. The fraction of sp³-hybridized carbons (Fsp3) is 0.371. The molecular weight excluding hydrogens is 869 g/mol. The molecule has 5 rings (SSSR count). The van der Waals surface area contributed by atoms with Gasteiger partial charge in [0.2, 0.25) is 11.8 Å². The van der Waals surface area contributed by atoms with Crippen molar-refractivity contribution < 1.29 is 67.0 Å². The number of sulfone groups is 1. The zero-order valence-electron chi connectivity index (χ0n) is 31.5. The van der Waals surface area contributed by atoms with E-state index in [9.17, 15) is 62.3 Å². The molecule has 324 valence electrons. The average Bonchev–Trinajstić information content (AvgIpc) is 3.40. The molecule has 0 saturated heterocycles. The van der Waals surface area contributed by atoms with Crippen molar-refractivity contribution in [3.8, 4) is 11.6 Å². The maximum atomic E-state index is 14.6. The Morgan fingerprint density at radius 3 is 2.17 bits per heavy atom. The first-order valence-electron chi connectivity index (χ1n) is 16.9. The van der Waals surface area contributed by atoms with E-state index in [0.29, 0.717) is 12.1 Å². The lowest BCUT2D eigenvalue weighted by molar-refractivity contribution is -0.358. The largest absolute Gasteiger partial charge is 0.471 e. The number of alkyl halides is 7. The molecule has 0 fully saturated rings. The highest BCUT2D eigenvalue weighted by atomic mass is 35.5. The zero-order valence-corrected chi connectivity index (χ0v) is 33.1. The number of anilines is 1. The first-order chi connectivity index (χ1) is 27.5. The number of rotatable bonds is 12. The van der Waals surface area contributed by atoms with Crippen LogP contribution in [0, 0.1) is 11.6 Å². The van der Waals surface area contributed by atoms with Crippen LogP contribution in [-0.2, 0) is 32.8 Å². The van der Waals surface area contributed by atoms with Gasteiger partial charge in [-0.2, -0.15) is 40.8 Å². The van der Waals surface area contributed by atoms with Crippen molar-refractivity contribution in [2.45, 2.75) is 56.9 Å². The van der Waals surface area contributed by atoms with E-state index in [1.165, 1.54) is 40.0 Å². The number of carbonyl (C=O) groups excluding carboxylic acids is 2. The van der Waals surface area contributed by atoms with Crippen molar-refractivity contribution >= 4 is 61.2 Å². The van der Waals surface area contributed by atoms with Gasteiger partial charge in [0.25, 0.3) is 5.56 Å². The number of amides is 2. The van der Waals surface area contributed by atoms with Crippen LogP contribution >= 0.6 is 11.6 Å². The minimum absolute atomic E-state index is 0.0461. The van der Waals surface area contributed by atoms with Crippen LogP contribution in [0.2, 0.25) is 5.02 Å². The first-order valence-corrected chi connectivity index (χ1v) is 19.4. The normalized spacial score (nSPS) is 13.4. The number of aryl methyl sites for hydroxylation is 1. The van der Waals surface area contributed by atoms with Crippen molar-refractivity contribution in [1.29, 1.82) is 0 Å². The van der Waals surface area contributed by atoms with Crippen LogP contribution in [0.25, 0.3) is 27.6 Å². The molecule has 3 aromatic heterocycles. The summed E-state index contributed by atoms with van der Waals surface area (Å²) in [5, 5.41) is 8.39. The third-order valence-corrected chi connectivity index (χ3v) is 9.22. The molecule has 0 spiro atoms. The Morgan fingerprint density at radius 2 is 1.58 bits per heavy atom. The summed E-state index contributed by atoms with van der Waals surface area (Å²) in [6.07, 6.45) is -7.60. The first kappa shape index (κ1) is 45.4. The number of pyridine rings is 1. The van der Waals surface area contributed by atoms with Crippen molar-refractivity contribution in [1.82, 2.24) is 29.6 Å². The van der Waals surface area contributed by atoms with E-state index in [1.807, 2.05) is 0 Å². The molecule has 2 aromatic carbocycles. The predicted molar refractivity (Wildman–Crippen MR) is 196 cm³/mol. The maximum absolute atomic E-state index is 14.6. The Labute approximate surface area is 337 Å². The second kappa shape index (κ2) is 16.1. The molecule has 60 heavy (non-hydrogen) atoms. The van der Waals surface area contributed by atoms with E-state index in [2.05, 4.69) is 30.4 Å². The third-order valence-electron chi connectivity index (χ3n) is 8.12. The van der Waals surface area contributed by atoms with Gasteiger partial charge in [-0.3, -0.25) is 18.8 Å². The molecule has 2 amide bonds. The van der Waals surface area contributed by atoms with Crippen LogP contribution in [-0.4, -0.2) is 87.0 Å². The number of aromatic nitrogens is 5. The number of alkyl carbamates (subject to hydrolysis) is 1. The Bertz CT molecular complexity index is 2670. The molecule has 14 nitrogen and oxygen atoms in total. The minimum atomic E-state index is -6.66. The highest BCUT2D eigenvalue weighted by molar-refractivity contribution is 7.91. The van der Waals surface area contributed by atoms with E-state index in [0.717, 1.165) is 33.7 Å². The molecular formula is C35H31ClF9N7O7S. The van der Waals surface area contributed by atoms with E-state index in [1.54, 1.807) is 0 Å². The van der Waals surface area contributed by atoms with Gasteiger partial charge in [-0.05, 0) is 56.7 Å². The molecule has 0 bridgehead atoms. The Balaban J connectivity index is 1.78. The molecule has 5 aromatic rings. The number of nitrogens with zero attached hydrogens (tertiary/aromatic N) is 5. The Hall–Kier alpha value is -5.65. The quantitative estimate of drug-likeness (QED) is 0.130. The van der Waals surface area contributed by atoms with Gasteiger partial charge in [0.05, 0.1) is 33.0 Å². The fourth-order valence-corrected chi connectivity index (χ4v) is 6.52. The Kier molecular flexibility index (Phi) is 12.2. The maximum Gasteiger partial charge on any atom is 0.460 e. The average molecular weight is 900 g/mol. The molecule has 0 saturated carbocycles. The lowest BCUT2D eigenvalue weighted by Crippen LogP contribution is -2.54. The van der Waals surface area contributed by atoms with Crippen LogP contribution in [0.3, 0.4) is 0 Å². The number of carbonyl (C=O) groups is 2. The summed E-state index contributed by atoms with van der Waals surface area (Å²) in [5.74, 6) is -18.2. The number of benzene rings is 2. The molecule has 25 heteroatoms. The SMILES string of the molecule is Cn1nc(NC(=O)CS(C)(=O)=O)c2c(Cl)ccc(-n3c([C@H](Cc4cc(F)cc(F)c4)NC(=O)OC(C)(C)C)nc4nc(OCC(F)(F)C(F)(F)C(F)(F)F)ccc4c3=O)c21. The lowest BCUT2D eigenvalue weighted by Gasteiger charge is -2.27. The van der Waals surface area contributed by atoms with Gasteiger partial charge in [0, 0.05) is 31.9 Å². The smallest absolute Gasteiger partial charge is 0.460 e. The van der Waals surface area contributed by atoms with Crippen LogP contribution in [0.1, 0.15) is 38.2 Å². The number of hydrogen-bond acceptors (Lipinski definition) is 10. The lowest BCUT2D eigenvalue weighted by atomic mass is 10.0. The summed E-state index contributed by atoms with van der Waals surface area (Å²) in [7, 11) is -2.49. The Morgan fingerprint density at radius 1 is 0.950 bits per heavy atom. The molecule has 2 N–H and O–H groups in total. The van der Waals surface area contributed by atoms with E-state index in [4.69, 9.17) is 16.3 Å². The molecule has 0 unspecified atom stereocenters. The summed E-state index contributed by atoms with van der Waals surface area (Å²) in [6, 6.07) is 4.70. The minimum Gasteiger partial charge on any atom is -0.471 e. The summed E-state index contributed by atoms with van der Waals surface area (Å²) in [5.41, 5.74) is -3.29. The number of fused-ring (bicyclic) bond motifs is 2. The van der Waals surface area contributed by atoms with Gasteiger partial charge in [-0.1, -0.05) is 11.6 Å². The molecule has 0 radical (unpaired) electrons. The topological polar surface area (TPSA) is 176 Å². The van der Waals surface area contributed by atoms with E-state index < -0.39 is 110 Å². The number of hydrogen-bond donors (Lipinski definition) is 2. The predicted octanol–water partition coefficient (Wildman–Crippen LogP) is 6.60. The highest BCUT2D eigenvalue weighted by Crippen LogP contribution is 2.46. The number of nitrogens with one attached hydrogen (secondary N) is 2. The zero-order chi connectivity index (χ0) is 44.9. The third kappa shape index (κ3) is 9.86. The van der Waals surface area contributed by atoms with Crippen molar-refractivity contribution in [2.24, 2.45) is 7.05 Å². The van der Waals surface area contributed by atoms with Crippen molar-refractivity contribution in [3.63, 3.8) is 0 Å². The highest BCUT2D eigenvalue weighted by Gasteiger charge is 2.73. The van der Waals surface area contributed by atoms with Gasteiger partial charge in [-0.15, -0.1) is 0 Å². The summed E-state index contributed by atoms with van der Waals surface area (Å²) in [4.78, 5) is 48.7. The molecule has 3 heterocycles. The second-order valence-electron chi connectivity index (χ2n) is 14.3. The van der Waals surface area contributed by atoms with Crippen molar-refractivity contribution in [3.05, 3.63) is 80.9 Å². The van der Waals surface area contributed by atoms with Gasteiger partial charge >= 0.3 is 24.1 Å². The van der Waals surface area contributed by atoms with Crippen LogP contribution in [0.15, 0.2) is 47.3 Å². The molecule has 0 aliphatic rings. The van der Waals surface area contributed by atoms with Crippen molar-refractivity contribution in [2.75, 3.05) is 23.9 Å². The fourth-order valence-electron chi connectivity index (χ4n) is 5.73. The van der Waals surface area contributed by atoms with Gasteiger partial charge in [0.1, 0.15) is 28.8 Å². The van der Waals surface area contributed by atoms with Crippen LogP contribution in [0.5, 0.6) is 5.88 Å². The standard InChI is InChI=1S/C35H31ClF9N7O7S/c1-32(2,3)59-31(55)46-21(12-16-10-17(37)13-18(38)11-16)29-49-27-19(6-9-24(48-27)58-15-33(39,40)34(41,42)35(43,44)45)30(54)52(29)22-8-7-20(36)25-26(22)51(4)50-28(25)47-23(53)14-60(5,56)57/h6-11,13,21H,12,14-15H2,1-5H3,(H,46,55)(H,47,50,53)/t21-/m0/s1. The van der Waals surface area contributed by atoms with Crippen LogP contribution in [0.4, 0.5) is 50.1 Å².